The van der Waals surface area contributed by atoms with Crippen LogP contribution in [0.1, 0.15) is 56.8 Å². The van der Waals surface area contributed by atoms with Crippen molar-refractivity contribution >= 4 is 35.1 Å². The number of benzene rings is 3. The first-order valence-electron chi connectivity index (χ1n) is 20.7. The monoisotopic (exact) mass is 806 g/mol. The van der Waals surface area contributed by atoms with Gasteiger partial charge in [0.1, 0.15) is 17.7 Å². The maximum absolute atomic E-state index is 15.3. The lowest BCUT2D eigenvalue weighted by atomic mass is 9.70. The average molecular weight is 807 g/mol. The SMILES string of the molecule is C=CCCC(=O)N[C@@H](COC)[C@@H](OC(=O)[C@@H]1[C@H]2C(=O)N([C@@H](CO)Cc3ccccc3)[C@H](C(=O)N(CC=C)c3ccc(N(CC)CC)cc3)[C@]23CC[C@H]1O3)c1ccccc1. The van der Waals surface area contributed by atoms with E-state index in [0.29, 0.717) is 30.5 Å². The lowest BCUT2D eigenvalue weighted by Gasteiger charge is -2.39. The Morgan fingerprint density at radius 2 is 1.64 bits per heavy atom. The highest BCUT2D eigenvalue weighted by Gasteiger charge is 2.76. The van der Waals surface area contributed by atoms with Gasteiger partial charge in [0.15, 0.2) is 0 Å². The molecule has 3 amide bonds. The van der Waals surface area contributed by atoms with Gasteiger partial charge in [-0.05, 0) is 74.9 Å². The molecule has 314 valence electrons. The van der Waals surface area contributed by atoms with Gasteiger partial charge in [-0.2, -0.15) is 0 Å². The van der Waals surface area contributed by atoms with Crippen LogP contribution < -0.4 is 15.1 Å². The average Bonchev–Trinajstić information content (AvgIpc) is 3.91. The number of esters is 1. The number of methoxy groups -OCH3 is 1. The summed E-state index contributed by atoms with van der Waals surface area (Å²) < 4.78 is 18.7. The fraction of sp³-hybridized carbons (Fsp3) is 0.447. The van der Waals surface area contributed by atoms with Gasteiger partial charge in [0, 0.05) is 44.5 Å². The highest BCUT2D eigenvalue weighted by Crippen LogP contribution is 2.59. The van der Waals surface area contributed by atoms with Gasteiger partial charge in [0.2, 0.25) is 11.8 Å². The van der Waals surface area contributed by atoms with Crippen molar-refractivity contribution in [2.24, 2.45) is 11.8 Å². The van der Waals surface area contributed by atoms with Crippen LogP contribution in [0.3, 0.4) is 0 Å². The first-order valence-corrected chi connectivity index (χ1v) is 20.7. The van der Waals surface area contributed by atoms with Crippen LogP contribution in [-0.2, 0) is 39.8 Å². The summed E-state index contributed by atoms with van der Waals surface area (Å²) in [6, 6.07) is 23.6. The second kappa shape index (κ2) is 19.6. The molecular weight excluding hydrogens is 749 g/mol. The molecule has 8 atom stereocenters. The number of likely N-dealkylation sites (tertiary alicyclic amines) is 1. The summed E-state index contributed by atoms with van der Waals surface area (Å²) in [7, 11) is 1.51. The smallest absolute Gasteiger partial charge is 0.313 e. The third kappa shape index (κ3) is 8.85. The molecule has 3 aromatic carbocycles. The number of ether oxygens (including phenoxy) is 3. The van der Waals surface area contributed by atoms with Gasteiger partial charge in [-0.25, -0.2) is 0 Å². The predicted octanol–water partition coefficient (Wildman–Crippen LogP) is 5.41. The Labute approximate surface area is 347 Å². The number of hydrogen-bond acceptors (Lipinski definition) is 9. The largest absolute Gasteiger partial charge is 0.455 e. The Hall–Kier alpha value is -5.30. The standard InChI is InChI=1S/C47H58N4O8/c1-6-10-21-39(53)48-37(31-57-5)42(33-19-15-12-16-20-33)58-46(56)40-38-26-27-47(59-38)41(40)44(54)51(36(30-52)29-32-17-13-11-14-18-32)43(47)45(55)50(28-7-2)35-24-22-34(23-25-35)49(8-3)9-4/h6-7,11-20,22-25,36-38,40-43,52H,1-2,8-10,21,26-31H2,3-5H3,(H,48,53)/t36-,37+,38-,40+,41+,42+,43-,47+/m1/s1. The van der Waals surface area contributed by atoms with Crippen molar-refractivity contribution in [3.8, 4) is 0 Å². The van der Waals surface area contributed by atoms with Gasteiger partial charge in [0.05, 0.1) is 43.2 Å². The molecule has 3 heterocycles. The third-order valence-corrected chi connectivity index (χ3v) is 12.0. The molecule has 0 saturated carbocycles. The van der Waals surface area contributed by atoms with Crippen molar-refractivity contribution in [1.29, 1.82) is 0 Å². The molecule has 2 N–H and O–H groups in total. The number of amides is 3. The fourth-order valence-electron chi connectivity index (χ4n) is 9.33. The van der Waals surface area contributed by atoms with Gasteiger partial charge >= 0.3 is 5.97 Å². The van der Waals surface area contributed by atoms with Crippen molar-refractivity contribution in [3.63, 3.8) is 0 Å². The molecule has 3 saturated heterocycles. The highest BCUT2D eigenvalue weighted by molar-refractivity contribution is 6.05. The Bertz CT molecular complexity index is 1920. The van der Waals surface area contributed by atoms with Gasteiger partial charge in [-0.3, -0.25) is 19.2 Å². The van der Waals surface area contributed by atoms with E-state index in [2.05, 4.69) is 37.2 Å². The van der Waals surface area contributed by atoms with Gasteiger partial charge in [0.25, 0.3) is 5.91 Å². The topological polar surface area (TPSA) is 138 Å². The number of carbonyl (C=O) groups is 4. The van der Waals surface area contributed by atoms with Crippen LogP contribution in [0.25, 0.3) is 0 Å². The van der Waals surface area contributed by atoms with E-state index >= 15 is 9.59 Å². The quantitative estimate of drug-likeness (QED) is 0.107. The van der Waals surface area contributed by atoms with Crippen LogP contribution in [0.5, 0.6) is 0 Å². The molecule has 1 spiro atoms. The molecule has 3 fully saturated rings. The van der Waals surface area contributed by atoms with Gasteiger partial charge < -0.3 is 39.3 Å². The molecule has 12 nitrogen and oxygen atoms in total. The molecule has 6 rings (SSSR count). The van der Waals surface area contributed by atoms with Crippen molar-refractivity contribution in [2.45, 2.75) is 81.9 Å². The molecule has 3 aromatic rings. The van der Waals surface area contributed by atoms with Crippen molar-refractivity contribution < 1.29 is 38.5 Å². The molecule has 0 aliphatic carbocycles. The predicted molar refractivity (Wildman–Crippen MR) is 227 cm³/mol. The van der Waals surface area contributed by atoms with Crippen LogP contribution in [0.2, 0.25) is 0 Å². The lowest BCUT2D eigenvalue weighted by Crippen LogP contribution is -2.59. The number of hydrogen-bond donors (Lipinski definition) is 2. The summed E-state index contributed by atoms with van der Waals surface area (Å²) in [6.45, 7) is 13.3. The van der Waals surface area contributed by atoms with Crippen molar-refractivity contribution in [1.82, 2.24) is 10.2 Å². The maximum atomic E-state index is 15.3. The van der Waals surface area contributed by atoms with Crippen molar-refractivity contribution in [2.75, 3.05) is 49.8 Å². The van der Waals surface area contributed by atoms with E-state index < -0.39 is 66.3 Å². The molecule has 3 aliphatic rings. The lowest BCUT2D eigenvalue weighted by molar-refractivity contribution is -0.163. The second-order valence-corrected chi connectivity index (χ2v) is 15.5. The molecule has 3 aliphatic heterocycles. The molecule has 2 bridgehead atoms. The number of rotatable bonds is 21. The first-order chi connectivity index (χ1) is 28.7. The zero-order valence-corrected chi connectivity index (χ0v) is 34.4. The zero-order chi connectivity index (χ0) is 42.1. The first kappa shape index (κ1) is 43.3. The number of nitrogens with zero attached hydrogens (tertiary/aromatic N) is 3. The molecule has 59 heavy (non-hydrogen) atoms. The van der Waals surface area contributed by atoms with E-state index in [9.17, 15) is 14.7 Å². The number of aliphatic hydroxyl groups excluding tert-OH is 1. The number of aliphatic hydroxyl groups is 1. The number of fused-ring (bicyclic) bond motifs is 1. The van der Waals surface area contributed by atoms with E-state index in [4.69, 9.17) is 14.2 Å². The van der Waals surface area contributed by atoms with Crippen LogP contribution >= 0.6 is 0 Å². The van der Waals surface area contributed by atoms with Crippen LogP contribution in [0.15, 0.2) is 110 Å². The van der Waals surface area contributed by atoms with Crippen molar-refractivity contribution in [3.05, 3.63) is 121 Å². The Balaban J connectivity index is 1.39. The zero-order valence-electron chi connectivity index (χ0n) is 34.4. The Kier molecular flexibility index (Phi) is 14.4. The minimum atomic E-state index is -1.37. The Morgan fingerprint density at radius 3 is 2.25 bits per heavy atom. The highest BCUT2D eigenvalue weighted by atomic mass is 16.6. The summed E-state index contributed by atoms with van der Waals surface area (Å²) in [4.78, 5) is 63.6. The summed E-state index contributed by atoms with van der Waals surface area (Å²) >= 11 is 0. The molecular formula is C47H58N4O8. The van der Waals surface area contributed by atoms with Crippen LogP contribution in [0, 0.1) is 11.8 Å². The minimum Gasteiger partial charge on any atom is -0.455 e. The third-order valence-electron chi connectivity index (χ3n) is 12.0. The summed E-state index contributed by atoms with van der Waals surface area (Å²) in [5, 5.41) is 14.0. The van der Waals surface area contributed by atoms with E-state index in [1.165, 1.54) is 12.0 Å². The van der Waals surface area contributed by atoms with Crippen LogP contribution in [0.4, 0.5) is 11.4 Å². The summed E-state index contributed by atoms with van der Waals surface area (Å²) in [5.74, 6) is -3.88. The fourth-order valence-corrected chi connectivity index (χ4v) is 9.33. The van der Waals surface area contributed by atoms with E-state index in [1.807, 2.05) is 84.9 Å². The molecule has 0 aromatic heterocycles. The van der Waals surface area contributed by atoms with E-state index in [-0.39, 0.29) is 37.8 Å². The van der Waals surface area contributed by atoms with E-state index in [1.54, 1.807) is 17.1 Å². The number of carbonyl (C=O) groups excluding carboxylic acids is 4. The molecule has 0 unspecified atom stereocenters. The molecule has 0 radical (unpaired) electrons. The Morgan fingerprint density at radius 1 is 0.983 bits per heavy atom. The second-order valence-electron chi connectivity index (χ2n) is 15.5. The number of nitrogens with one attached hydrogen (secondary N) is 1. The molecule has 12 heteroatoms. The van der Waals surface area contributed by atoms with E-state index in [0.717, 1.165) is 24.3 Å². The normalized spacial score (nSPS) is 23.2. The summed E-state index contributed by atoms with van der Waals surface area (Å²) in [6.07, 6.45) is 3.34. The summed E-state index contributed by atoms with van der Waals surface area (Å²) in [5.41, 5.74) is 1.77. The maximum Gasteiger partial charge on any atom is 0.313 e. The number of anilines is 2. The van der Waals surface area contributed by atoms with Gasteiger partial charge in [-0.1, -0.05) is 72.8 Å². The minimum absolute atomic E-state index is 0.0423. The van der Waals surface area contributed by atoms with Gasteiger partial charge in [-0.15, -0.1) is 13.2 Å². The van der Waals surface area contributed by atoms with Crippen LogP contribution in [-0.4, -0.2) is 103 Å². The number of allylic oxidation sites excluding steroid dienone is 1.